The quantitative estimate of drug-likeness (QED) is 0.485. The number of halogens is 4. The molecular formula is C26H32F4N4O2. The van der Waals surface area contributed by atoms with Crippen LogP contribution < -0.4 is 15.5 Å². The summed E-state index contributed by atoms with van der Waals surface area (Å²) < 4.78 is 54.4. The number of aromatic nitrogens is 1. The lowest BCUT2D eigenvalue weighted by atomic mass is 9.98. The van der Waals surface area contributed by atoms with Gasteiger partial charge in [-0.1, -0.05) is 32.9 Å². The first kappa shape index (κ1) is 27.4. The minimum absolute atomic E-state index is 0.0132. The topological polar surface area (TPSA) is 74.3 Å². The van der Waals surface area contributed by atoms with Crippen molar-refractivity contribution in [3.05, 3.63) is 53.0 Å². The van der Waals surface area contributed by atoms with E-state index in [-0.39, 0.29) is 29.9 Å². The molecule has 2 heterocycles. The number of nitrogens with zero attached hydrogens (tertiary/aromatic N) is 2. The third kappa shape index (κ3) is 6.73. The summed E-state index contributed by atoms with van der Waals surface area (Å²) in [6.45, 7) is 8.26. The number of pyridine rings is 1. The Bertz CT molecular complexity index is 1100. The minimum atomic E-state index is -4.57. The molecule has 1 aromatic carbocycles. The summed E-state index contributed by atoms with van der Waals surface area (Å²) in [5.41, 5.74) is -0.0552. The molecule has 1 fully saturated rings. The number of anilines is 2. The van der Waals surface area contributed by atoms with Gasteiger partial charge in [0.05, 0.1) is 11.6 Å². The molecule has 196 valence electrons. The number of alkyl halides is 3. The van der Waals surface area contributed by atoms with Gasteiger partial charge < -0.3 is 15.5 Å². The van der Waals surface area contributed by atoms with Crippen LogP contribution in [-0.4, -0.2) is 29.9 Å². The summed E-state index contributed by atoms with van der Waals surface area (Å²) in [7, 11) is 0. The van der Waals surface area contributed by atoms with Crippen LogP contribution in [0, 0.1) is 17.7 Å². The molecule has 1 aliphatic rings. The second-order valence-corrected chi connectivity index (χ2v) is 9.67. The Morgan fingerprint density at radius 2 is 1.75 bits per heavy atom. The third-order valence-corrected chi connectivity index (χ3v) is 6.45. The molecule has 1 saturated heterocycles. The van der Waals surface area contributed by atoms with Crippen molar-refractivity contribution < 1.29 is 27.2 Å². The molecule has 0 bridgehead atoms. The van der Waals surface area contributed by atoms with Crippen molar-refractivity contribution in [3.63, 3.8) is 0 Å². The van der Waals surface area contributed by atoms with E-state index in [0.29, 0.717) is 30.1 Å². The van der Waals surface area contributed by atoms with Gasteiger partial charge in [0.2, 0.25) is 11.8 Å². The van der Waals surface area contributed by atoms with Gasteiger partial charge in [-0.25, -0.2) is 9.37 Å². The molecule has 1 atom stereocenters. The lowest BCUT2D eigenvalue weighted by Gasteiger charge is -2.33. The monoisotopic (exact) mass is 508 g/mol. The van der Waals surface area contributed by atoms with Gasteiger partial charge in [0, 0.05) is 31.1 Å². The van der Waals surface area contributed by atoms with Crippen LogP contribution in [0.5, 0.6) is 0 Å². The van der Waals surface area contributed by atoms with Gasteiger partial charge in [-0.3, -0.25) is 9.59 Å². The molecule has 6 nitrogen and oxygen atoms in total. The fourth-order valence-electron chi connectivity index (χ4n) is 3.93. The van der Waals surface area contributed by atoms with Gasteiger partial charge in [0.25, 0.3) is 0 Å². The van der Waals surface area contributed by atoms with Crippen LogP contribution in [0.1, 0.15) is 63.3 Å². The van der Waals surface area contributed by atoms with E-state index in [1.54, 1.807) is 26.8 Å². The summed E-state index contributed by atoms with van der Waals surface area (Å²) in [6, 6.07) is 6.42. The second kappa shape index (κ2) is 11.3. The van der Waals surface area contributed by atoms with E-state index >= 15 is 0 Å². The standard InChI is InChI=1S/C26H32F4N4O2/c1-15(2)24(35)32-21-7-5-18(13-20(21)27)17(4)25(36)31-14-19-6-8-22(26(28,29)30)33-23(19)34-11-9-16(3)10-12-34/h5-8,13,15-17H,9-12,14H2,1-4H3,(H,31,36)(H,32,35). The molecule has 0 aliphatic carbocycles. The molecule has 2 N–H and O–H groups in total. The maximum absolute atomic E-state index is 14.5. The van der Waals surface area contributed by atoms with Crippen LogP contribution in [-0.2, 0) is 22.3 Å². The van der Waals surface area contributed by atoms with Gasteiger partial charge >= 0.3 is 6.18 Å². The zero-order valence-electron chi connectivity index (χ0n) is 20.9. The number of benzene rings is 1. The molecule has 1 aromatic heterocycles. The van der Waals surface area contributed by atoms with Gasteiger partial charge in [-0.15, -0.1) is 0 Å². The Hall–Kier alpha value is -3.17. The second-order valence-electron chi connectivity index (χ2n) is 9.67. The fraction of sp³-hybridized carbons (Fsp3) is 0.500. The number of piperidine rings is 1. The van der Waals surface area contributed by atoms with E-state index in [1.165, 1.54) is 18.2 Å². The number of carbonyl (C=O) groups excluding carboxylic acids is 2. The zero-order valence-corrected chi connectivity index (χ0v) is 20.9. The number of nitrogens with one attached hydrogen (secondary N) is 2. The number of hydrogen-bond acceptors (Lipinski definition) is 4. The fourth-order valence-corrected chi connectivity index (χ4v) is 3.93. The summed E-state index contributed by atoms with van der Waals surface area (Å²) in [5, 5.41) is 5.25. The summed E-state index contributed by atoms with van der Waals surface area (Å²) in [5.74, 6) is -1.72. The van der Waals surface area contributed by atoms with Crippen molar-refractivity contribution in [2.24, 2.45) is 11.8 Å². The summed E-state index contributed by atoms with van der Waals surface area (Å²) in [4.78, 5) is 30.4. The maximum Gasteiger partial charge on any atom is 0.433 e. The van der Waals surface area contributed by atoms with Crippen molar-refractivity contribution >= 4 is 23.3 Å². The van der Waals surface area contributed by atoms with Crippen molar-refractivity contribution in [1.82, 2.24) is 10.3 Å². The molecule has 0 radical (unpaired) electrons. The molecule has 1 unspecified atom stereocenters. The zero-order chi connectivity index (χ0) is 26.6. The highest BCUT2D eigenvalue weighted by atomic mass is 19.4. The van der Waals surface area contributed by atoms with Crippen molar-refractivity contribution in [2.45, 2.75) is 59.2 Å². The van der Waals surface area contributed by atoms with Gasteiger partial charge in [0.1, 0.15) is 17.3 Å². The van der Waals surface area contributed by atoms with E-state index in [1.807, 2.05) is 4.90 Å². The molecule has 3 rings (SSSR count). The van der Waals surface area contributed by atoms with Crippen LogP contribution in [0.15, 0.2) is 30.3 Å². The smallest absolute Gasteiger partial charge is 0.356 e. The Morgan fingerprint density at radius 1 is 1.08 bits per heavy atom. The van der Waals surface area contributed by atoms with Crippen molar-refractivity contribution in [2.75, 3.05) is 23.3 Å². The first-order valence-corrected chi connectivity index (χ1v) is 12.1. The lowest BCUT2D eigenvalue weighted by Crippen LogP contribution is -2.35. The summed E-state index contributed by atoms with van der Waals surface area (Å²) in [6.07, 6.45) is -2.88. The third-order valence-electron chi connectivity index (χ3n) is 6.45. The lowest BCUT2D eigenvalue weighted by molar-refractivity contribution is -0.141. The molecule has 36 heavy (non-hydrogen) atoms. The Labute approximate surface area is 208 Å². The highest BCUT2D eigenvalue weighted by Gasteiger charge is 2.34. The molecular weight excluding hydrogens is 476 g/mol. The normalized spacial score (nSPS) is 15.6. The predicted molar refractivity (Wildman–Crippen MR) is 130 cm³/mol. The van der Waals surface area contributed by atoms with Crippen LogP contribution >= 0.6 is 0 Å². The molecule has 0 saturated carbocycles. The predicted octanol–water partition coefficient (Wildman–Crippen LogP) is 5.49. The van der Waals surface area contributed by atoms with Crippen LogP contribution in [0.3, 0.4) is 0 Å². The van der Waals surface area contributed by atoms with E-state index in [2.05, 4.69) is 22.5 Å². The first-order valence-electron chi connectivity index (χ1n) is 12.1. The molecule has 2 aromatic rings. The SMILES string of the molecule is CC1CCN(c2nc(C(F)(F)F)ccc2CNC(=O)C(C)c2ccc(NC(=O)C(C)C)c(F)c2)CC1. The number of rotatable bonds is 7. The first-order chi connectivity index (χ1) is 16.9. The van der Waals surface area contributed by atoms with Crippen LogP contribution in [0.25, 0.3) is 0 Å². The molecule has 2 amide bonds. The van der Waals surface area contributed by atoms with Gasteiger partial charge in [-0.05, 0) is 49.4 Å². The van der Waals surface area contributed by atoms with Gasteiger partial charge in [-0.2, -0.15) is 13.2 Å². The molecule has 10 heteroatoms. The maximum atomic E-state index is 14.5. The number of carbonyl (C=O) groups is 2. The Balaban J connectivity index is 1.73. The Kier molecular flexibility index (Phi) is 8.58. The van der Waals surface area contributed by atoms with Gasteiger partial charge in [0.15, 0.2) is 0 Å². The van der Waals surface area contributed by atoms with E-state index in [9.17, 15) is 27.2 Å². The minimum Gasteiger partial charge on any atom is -0.356 e. The summed E-state index contributed by atoms with van der Waals surface area (Å²) >= 11 is 0. The average molecular weight is 509 g/mol. The van der Waals surface area contributed by atoms with E-state index in [4.69, 9.17) is 0 Å². The molecule has 0 spiro atoms. The van der Waals surface area contributed by atoms with Crippen LogP contribution in [0.4, 0.5) is 29.1 Å². The molecule has 1 aliphatic heterocycles. The average Bonchev–Trinajstić information content (AvgIpc) is 2.83. The number of hydrogen-bond donors (Lipinski definition) is 2. The largest absolute Gasteiger partial charge is 0.433 e. The van der Waals surface area contributed by atoms with E-state index < -0.39 is 29.5 Å². The highest BCUT2D eigenvalue weighted by molar-refractivity contribution is 5.92. The number of amides is 2. The van der Waals surface area contributed by atoms with Crippen molar-refractivity contribution in [1.29, 1.82) is 0 Å². The Morgan fingerprint density at radius 3 is 2.33 bits per heavy atom. The van der Waals surface area contributed by atoms with Crippen LogP contribution in [0.2, 0.25) is 0 Å². The highest BCUT2D eigenvalue weighted by Crippen LogP contribution is 2.32. The van der Waals surface area contributed by atoms with Crippen molar-refractivity contribution in [3.8, 4) is 0 Å². The van der Waals surface area contributed by atoms with E-state index in [0.717, 1.165) is 18.9 Å².